The molecule has 2 amide bonds. The number of hydrogen-bond acceptors (Lipinski definition) is 4. The fourth-order valence-corrected chi connectivity index (χ4v) is 2.26. The van der Waals surface area contributed by atoms with Gasteiger partial charge in [-0.3, -0.25) is 0 Å². The summed E-state index contributed by atoms with van der Waals surface area (Å²) >= 11 is 0. The van der Waals surface area contributed by atoms with Gasteiger partial charge in [0.1, 0.15) is 17.1 Å². The number of aliphatic hydroxyl groups is 2. The second-order valence-electron chi connectivity index (χ2n) is 5.69. The van der Waals surface area contributed by atoms with Gasteiger partial charge in [-0.05, 0) is 46.6 Å². The monoisotopic (exact) mass is 298 g/mol. The molecule has 0 spiro atoms. The molecule has 1 aromatic heterocycles. The zero-order valence-corrected chi connectivity index (χ0v) is 13.2. The van der Waals surface area contributed by atoms with Crippen LogP contribution in [-0.4, -0.2) is 35.4 Å². The van der Waals surface area contributed by atoms with Gasteiger partial charge in [-0.15, -0.1) is 0 Å². The number of carbonyl (C=O) groups is 1. The highest BCUT2D eigenvalue weighted by atomic mass is 16.3. The molecule has 1 heterocycles. The number of aryl methyl sites for hydroxylation is 2. The fourth-order valence-electron chi connectivity index (χ4n) is 2.26. The van der Waals surface area contributed by atoms with Gasteiger partial charge < -0.3 is 25.3 Å². The van der Waals surface area contributed by atoms with Crippen molar-refractivity contribution in [2.24, 2.45) is 0 Å². The van der Waals surface area contributed by atoms with Crippen LogP contribution in [0.15, 0.2) is 10.5 Å². The summed E-state index contributed by atoms with van der Waals surface area (Å²) in [6.45, 7) is 7.31. The van der Waals surface area contributed by atoms with Gasteiger partial charge >= 0.3 is 6.03 Å². The Kier molecular flexibility index (Phi) is 6.23. The van der Waals surface area contributed by atoms with Gasteiger partial charge in [0.25, 0.3) is 0 Å². The van der Waals surface area contributed by atoms with Crippen LogP contribution in [0.1, 0.15) is 43.8 Å². The van der Waals surface area contributed by atoms with Gasteiger partial charge in [0.2, 0.25) is 0 Å². The highest BCUT2D eigenvalue weighted by molar-refractivity contribution is 5.74. The summed E-state index contributed by atoms with van der Waals surface area (Å²) in [5, 5.41) is 24.6. The first-order chi connectivity index (χ1) is 9.76. The van der Waals surface area contributed by atoms with Crippen LogP contribution in [0, 0.1) is 13.8 Å². The van der Waals surface area contributed by atoms with Crippen LogP contribution in [-0.2, 0) is 5.60 Å². The first-order valence-corrected chi connectivity index (χ1v) is 7.21. The molecule has 2 atom stereocenters. The highest BCUT2D eigenvalue weighted by Crippen LogP contribution is 2.26. The molecule has 2 unspecified atom stereocenters. The molecule has 21 heavy (non-hydrogen) atoms. The first-order valence-electron chi connectivity index (χ1n) is 7.21. The summed E-state index contributed by atoms with van der Waals surface area (Å²) in [7, 11) is 0. The highest BCUT2D eigenvalue weighted by Gasteiger charge is 2.28. The molecule has 0 aromatic carbocycles. The van der Waals surface area contributed by atoms with E-state index in [1.54, 1.807) is 19.9 Å². The second-order valence-corrected chi connectivity index (χ2v) is 5.69. The predicted octanol–water partition coefficient (Wildman–Crippen LogP) is 1.56. The van der Waals surface area contributed by atoms with Crippen molar-refractivity contribution in [3.8, 4) is 0 Å². The van der Waals surface area contributed by atoms with Crippen molar-refractivity contribution >= 4 is 6.03 Å². The topological polar surface area (TPSA) is 94.7 Å². The van der Waals surface area contributed by atoms with E-state index in [-0.39, 0.29) is 25.2 Å². The van der Waals surface area contributed by atoms with E-state index >= 15 is 0 Å². The van der Waals surface area contributed by atoms with E-state index in [2.05, 4.69) is 10.6 Å². The Morgan fingerprint density at radius 2 is 2.14 bits per heavy atom. The number of furan rings is 1. The Hall–Kier alpha value is -1.53. The van der Waals surface area contributed by atoms with Crippen molar-refractivity contribution < 1.29 is 19.4 Å². The summed E-state index contributed by atoms with van der Waals surface area (Å²) in [5.41, 5.74) is -0.512. The van der Waals surface area contributed by atoms with Gasteiger partial charge in [-0.1, -0.05) is 0 Å². The molecular formula is C15H26N2O4. The number of urea groups is 1. The van der Waals surface area contributed by atoms with Crippen molar-refractivity contribution in [2.75, 3.05) is 13.2 Å². The normalized spacial score (nSPS) is 15.3. The quantitative estimate of drug-likeness (QED) is 0.614. The Labute approximate surface area is 125 Å². The molecule has 120 valence electrons. The summed E-state index contributed by atoms with van der Waals surface area (Å²) in [6, 6.07) is 1.41. The van der Waals surface area contributed by atoms with Crippen LogP contribution in [0.2, 0.25) is 0 Å². The minimum atomic E-state index is -1.19. The third-order valence-corrected chi connectivity index (χ3v) is 3.39. The van der Waals surface area contributed by atoms with Gasteiger partial charge in [-0.25, -0.2) is 4.79 Å². The van der Waals surface area contributed by atoms with E-state index in [4.69, 9.17) is 9.52 Å². The SMILES string of the molecule is Cc1cc(C(C)(O)CNC(=O)NC(C)CCCO)c(C)o1. The smallest absolute Gasteiger partial charge is 0.315 e. The average molecular weight is 298 g/mol. The number of carbonyl (C=O) groups excluding carboxylic acids is 1. The maximum absolute atomic E-state index is 11.8. The lowest BCUT2D eigenvalue weighted by molar-refractivity contribution is 0.0577. The Balaban J connectivity index is 2.49. The van der Waals surface area contributed by atoms with Crippen molar-refractivity contribution in [1.29, 1.82) is 0 Å². The van der Waals surface area contributed by atoms with E-state index in [1.165, 1.54) is 0 Å². The molecule has 6 nitrogen and oxygen atoms in total. The molecule has 0 aliphatic rings. The minimum Gasteiger partial charge on any atom is -0.466 e. The Morgan fingerprint density at radius 1 is 1.48 bits per heavy atom. The van der Waals surface area contributed by atoms with E-state index in [1.807, 2.05) is 13.8 Å². The molecule has 1 aromatic rings. The van der Waals surface area contributed by atoms with E-state index in [0.717, 1.165) is 5.76 Å². The van der Waals surface area contributed by atoms with Crippen LogP contribution >= 0.6 is 0 Å². The lowest BCUT2D eigenvalue weighted by atomic mass is 9.96. The number of nitrogens with one attached hydrogen (secondary N) is 2. The first kappa shape index (κ1) is 17.5. The summed E-state index contributed by atoms with van der Waals surface area (Å²) < 4.78 is 5.40. The van der Waals surface area contributed by atoms with Gasteiger partial charge in [-0.2, -0.15) is 0 Å². The Morgan fingerprint density at radius 3 is 2.67 bits per heavy atom. The van der Waals surface area contributed by atoms with E-state index < -0.39 is 5.60 Å². The van der Waals surface area contributed by atoms with Crippen LogP contribution in [0.25, 0.3) is 0 Å². The number of amides is 2. The minimum absolute atomic E-state index is 0.0278. The van der Waals surface area contributed by atoms with Crippen LogP contribution in [0.3, 0.4) is 0 Å². The molecule has 6 heteroatoms. The van der Waals surface area contributed by atoms with Gasteiger partial charge in [0, 0.05) is 18.2 Å². The van der Waals surface area contributed by atoms with Crippen molar-refractivity contribution in [1.82, 2.24) is 10.6 Å². The lowest BCUT2D eigenvalue weighted by Crippen LogP contribution is -2.46. The molecule has 0 aliphatic heterocycles. The van der Waals surface area contributed by atoms with Crippen molar-refractivity contribution in [2.45, 2.75) is 52.2 Å². The molecule has 0 aliphatic carbocycles. The van der Waals surface area contributed by atoms with Gasteiger partial charge in [0.15, 0.2) is 0 Å². The zero-order valence-electron chi connectivity index (χ0n) is 13.2. The molecule has 0 radical (unpaired) electrons. The molecule has 1 rings (SSSR count). The largest absolute Gasteiger partial charge is 0.466 e. The van der Waals surface area contributed by atoms with E-state index in [0.29, 0.717) is 24.2 Å². The van der Waals surface area contributed by atoms with E-state index in [9.17, 15) is 9.90 Å². The summed E-state index contributed by atoms with van der Waals surface area (Å²) in [6.07, 6.45) is 1.35. The number of rotatable bonds is 7. The Bertz CT molecular complexity index is 468. The molecule has 0 saturated carbocycles. The zero-order chi connectivity index (χ0) is 16.0. The predicted molar refractivity (Wildman–Crippen MR) is 80.1 cm³/mol. The number of aliphatic hydroxyl groups excluding tert-OH is 1. The molecule has 0 saturated heterocycles. The van der Waals surface area contributed by atoms with Crippen molar-refractivity contribution in [3.05, 3.63) is 23.2 Å². The summed E-state index contributed by atoms with van der Waals surface area (Å²) in [5.74, 6) is 1.38. The van der Waals surface area contributed by atoms with Crippen LogP contribution in [0.5, 0.6) is 0 Å². The maximum Gasteiger partial charge on any atom is 0.315 e. The second kappa shape index (κ2) is 7.47. The number of hydrogen-bond donors (Lipinski definition) is 4. The summed E-state index contributed by atoms with van der Waals surface area (Å²) in [4.78, 5) is 11.8. The average Bonchev–Trinajstić information content (AvgIpc) is 2.74. The standard InChI is InChI=1S/C15H26N2O4/c1-10(6-5-7-18)17-14(19)16-9-15(4,20)13-8-11(2)21-12(13)3/h8,10,18,20H,5-7,9H2,1-4H3,(H2,16,17,19). The molecule has 0 fully saturated rings. The maximum atomic E-state index is 11.8. The molecular weight excluding hydrogens is 272 g/mol. The fraction of sp³-hybridized carbons (Fsp3) is 0.667. The van der Waals surface area contributed by atoms with Gasteiger partial charge in [0.05, 0.1) is 6.54 Å². The third-order valence-electron chi connectivity index (χ3n) is 3.39. The molecule has 0 bridgehead atoms. The molecule has 4 N–H and O–H groups in total. The van der Waals surface area contributed by atoms with Crippen LogP contribution in [0.4, 0.5) is 4.79 Å². The third kappa shape index (κ3) is 5.40. The van der Waals surface area contributed by atoms with Crippen molar-refractivity contribution in [3.63, 3.8) is 0 Å². The lowest BCUT2D eigenvalue weighted by Gasteiger charge is -2.24. The van der Waals surface area contributed by atoms with Crippen LogP contribution < -0.4 is 10.6 Å².